The lowest BCUT2D eigenvalue weighted by Crippen LogP contribution is -2.38. The van der Waals surface area contributed by atoms with E-state index in [4.69, 9.17) is 0 Å². The number of piperidine rings is 1. The van der Waals surface area contributed by atoms with Crippen LogP contribution in [0.5, 0.6) is 0 Å². The van der Waals surface area contributed by atoms with Gasteiger partial charge in [-0.1, -0.05) is 12.1 Å². The normalized spacial score (nSPS) is 18.0. The molecule has 2 heterocycles. The molecule has 3 rings (SSSR count). The van der Waals surface area contributed by atoms with Crippen LogP contribution in [0.25, 0.3) is 0 Å². The third kappa shape index (κ3) is 3.92. The van der Waals surface area contributed by atoms with Crippen LogP contribution in [0.2, 0.25) is 0 Å². The van der Waals surface area contributed by atoms with E-state index in [1.807, 2.05) is 11.0 Å². The van der Waals surface area contributed by atoms with Gasteiger partial charge in [-0.05, 0) is 49.4 Å². The van der Waals surface area contributed by atoms with Crippen LogP contribution in [0.3, 0.4) is 0 Å². The van der Waals surface area contributed by atoms with Crippen LogP contribution in [0.1, 0.15) is 43.0 Å². The van der Waals surface area contributed by atoms with E-state index in [0.29, 0.717) is 12.8 Å². The first-order valence-corrected chi connectivity index (χ1v) is 8.04. The topological polar surface area (TPSA) is 46.1 Å². The maximum atomic E-state index is 13.1. The number of carbonyl (C=O) groups is 1. The molecule has 1 amide bonds. The number of carbonyl (C=O) groups excluding carboxylic acids is 1. The van der Waals surface area contributed by atoms with Crippen molar-refractivity contribution in [2.24, 2.45) is 0 Å². The zero-order valence-electron chi connectivity index (χ0n) is 13.0. The van der Waals surface area contributed by atoms with Gasteiger partial charge in [0.25, 0.3) is 0 Å². The highest BCUT2D eigenvalue weighted by atomic mass is 19.1. The molecule has 1 unspecified atom stereocenters. The molecule has 1 aliphatic heterocycles. The second-order valence-corrected chi connectivity index (χ2v) is 5.85. The molecule has 0 N–H and O–H groups in total. The van der Waals surface area contributed by atoms with Crippen LogP contribution in [-0.4, -0.2) is 27.3 Å². The number of hydrogen-bond acceptors (Lipinski definition) is 3. The molecule has 0 saturated carbocycles. The predicted octanol–water partition coefficient (Wildman–Crippen LogP) is 3.30. The Balaban J connectivity index is 1.68. The number of rotatable bonds is 4. The van der Waals surface area contributed by atoms with E-state index in [-0.39, 0.29) is 17.8 Å². The van der Waals surface area contributed by atoms with Crippen LogP contribution >= 0.6 is 0 Å². The van der Waals surface area contributed by atoms with Gasteiger partial charge in [0.1, 0.15) is 12.1 Å². The van der Waals surface area contributed by atoms with Gasteiger partial charge >= 0.3 is 0 Å². The number of halogens is 1. The average Bonchev–Trinajstić information content (AvgIpc) is 2.61. The molecule has 0 bridgehead atoms. The lowest BCUT2D eigenvalue weighted by molar-refractivity contribution is -0.135. The minimum absolute atomic E-state index is 0.0576. The van der Waals surface area contributed by atoms with Gasteiger partial charge in [0.05, 0.1) is 6.04 Å². The molecule has 4 nitrogen and oxygen atoms in total. The fourth-order valence-electron chi connectivity index (χ4n) is 3.11. The van der Waals surface area contributed by atoms with Crippen molar-refractivity contribution in [3.05, 3.63) is 59.9 Å². The standard InChI is InChI=1S/C18H20FN3O/c19-15-6-4-14(5-7-15)17-3-1-2-12-22(17)18(23)9-8-16-10-11-20-13-21-16/h4-7,10-11,13,17H,1-3,8-9,12H2. The van der Waals surface area contributed by atoms with Crippen LogP contribution < -0.4 is 0 Å². The molecule has 1 aromatic carbocycles. The molecular weight excluding hydrogens is 293 g/mol. The smallest absolute Gasteiger partial charge is 0.223 e. The molecule has 1 aromatic heterocycles. The molecule has 120 valence electrons. The monoisotopic (exact) mass is 313 g/mol. The van der Waals surface area contributed by atoms with Gasteiger partial charge in [0, 0.05) is 24.9 Å². The summed E-state index contributed by atoms with van der Waals surface area (Å²) in [5.41, 5.74) is 1.89. The molecular formula is C18H20FN3O. The van der Waals surface area contributed by atoms with Gasteiger partial charge < -0.3 is 4.90 Å². The third-order valence-electron chi connectivity index (χ3n) is 4.32. The number of benzene rings is 1. The van der Waals surface area contributed by atoms with Gasteiger partial charge in [-0.25, -0.2) is 14.4 Å². The van der Waals surface area contributed by atoms with E-state index in [1.54, 1.807) is 18.3 Å². The molecule has 5 heteroatoms. The van der Waals surface area contributed by atoms with Crippen molar-refractivity contribution in [1.29, 1.82) is 0 Å². The Morgan fingerprint density at radius 2 is 2.04 bits per heavy atom. The first-order chi connectivity index (χ1) is 11.2. The Bertz CT molecular complexity index is 645. The lowest BCUT2D eigenvalue weighted by Gasteiger charge is -2.36. The number of aromatic nitrogens is 2. The van der Waals surface area contributed by atoms with Crippen molar-refractivity contribution in [3.8, 4) is 0 Å². The second-order valence-electron chi connectivity index (χ2n) is 5.85. The predicted molar refractivity (Wildman–Crippen MR) is 85.1 cm³/mol. The number of aryl methyl sites for hydroxylation is 1. The average molecular weight is 313 g/mol. The quantitative estimate of drug-likeness (QED) is 0.870. The summed E-state index contributed by atoms with van der Waals surface area (Å²) < 4.78 is 13.1. The van der Waals surface area contributed by atoms with Gasteiger partial charge in [-0.2, -0.15) is 0 Å². The zero-order chi connectivity index (χ0) is 16.1. The number of nitrogens with zero attached hydrogens (tertiary/aromatic N) is 3. The summed E-state index contributed by atoms with van der Waals surface area (Å²) in [6.45, 7) is 0.769. The highest BCUT2D eigenvalue weighted by Crippen LogP contribution is 2.31. The van der Waals surface area contributed by atoms with E-state index in [0.717, 1.165) is 37.1 Å². The Labute approximate surface area is 135 Å². The molecule has 0 aliphatic carbocycles. The number of likely N-dealkylation sites (tertiary alicyclic amines) is 1. The van der Waals surface area contributed by atoms with Crippen molar-refractivity contribution < 1.29 is 9.18 Å². The SMILES string of the molecule is O=C(CCc1ccncn1)N1CCCCC1c1ccc(F)cc1. The van der Waals surface area contributed by atoms with Crippen molar-refractivity contribution in [1.82, 2.24) is 14.9 Å². The van der Waals surface area contributed by atoms with E-state index < -0.39 is 0 Å². The van der Waals surface area contributed by atoms with Crippen molar-refractivity contribution in [2.75, 3.05) is 6.54 Å². The summed E-state index contributed by atoms with van der Waals surface area (Å²) >= 11 is 0. The zero-order valence-corrected chi connectivity index (χ0v) is 13.0. The number of hydrogen-bond donors (Lipinski definition) is 0. The molecule has 1 fully saturated rings. The summed E-state index contributed by atoms with van der Waals surface area (Å²) in [7, 11) is 0. The van der Waals surface area contributed by atoms with Crippen LogP contribution in [0.4, 0.5) is 4.39 Å². The van der Waals surface area contributed by atoms with Gasteiger partial charge in [-0.3, -0.25) is 4.79 Å². The van der Waals surface area contributed by atoms with E-state index in [2.05, 4.69) is 9.97 Å². The highest BCUT2D eigenvalue weighted by Gasteiger charge is 2.27. The summed E-state index contributed by atoms with van der Waals surface area (Å²) in [6.07, 6.45) is 7.30. The van der Waals surface area contributed by atoms with E-state index in [9.17, 15) is 9.18 Å². The Kier molecular flexibility index (Phi) is 4.95. The van der Waals surface area contributed by atoms with Crippen LogP contribution in [0.15, 0.2) is 42.9 Å². The fraction of sp³-hybridized carbons (Fsp3) is 0.389. The van der Waals surface area contributed by atoms with Crippen LogP contribution in [-0.2, 0) is 11.2 Å². The number of amides is 1. The summed E-state index contributed by atoms with van der Waals surface area (Å²) in [4.78, 5) is 22.6. The molecule has 0 spiro atoms. The first-order valence-electron chi connectivity index (χ1n) is 8.04. The second kappa shape index (κ2) is 7.31. The summed E-state index contributed by atoms with van der Waals surface area (Å²) in [5, 5.41) is 0. The van der Waals surface area contributed by atoms with Crippen molar-refractivity contribution >= 4 is 5.91 Å². The van der Waals surface area contributed by atoms with Crippen LogP contribution in [0, 0.1) is 5.82 Å². The largest absolute Gasteiger partial charge is 0.336 e. The Hall–Kier alpha value is -2.30. The van der Waals surface area contributed by atoms with E-state index in [1.165, 1.54) is 18.5 Å². The summed E-state index contributed by atoms with van der Waals surface area (Å²) in [5.74, 6) is -0.108. The van der Waals surface area contributed by atoms with Crippen molar-refractivity contribution in [3.63, 3.8) is 0 Å². The third-order valence-corrected chi connectivity index (χ3v) is 4.32. The molecule has 1 saturated heterocycles. The Morgan fingerprint density at radius 1 is 1.22 bits per heavy atom. The van der Waals surface area contributed by atoms with Crippen molar-refractivity contribution in [2.45, 2.75) is 38.1 Å². The molecule has 1 aliphatic rings. The maximum absolute atomic E-state index is 13.1. The minimum atomic E-state index is -0.244. The highest BCUT2D eigenvalue weighted by molar-refractivity contribution is 5.77. The van der Waals surface area contributed by atoms with E-state index >= 15 is 0 Å². The fourth-order valence-corrected chi connectivity index (χ4v) is 3.11. The molecule has 2 aromatic rings. The lowest BCUT2D eigenvalue weighted by atomic mass is 9.94. The molecule has 1 atom stereocenters. The minimum Gasteiger partial charge on any atom is -0.336 e. The van der Waals surface area contributed by atoms with Gasteiger partial charge in [0.2, 0.25) is 5.91 Å². The first kappa shape index (κ1) is 15.6. The molecule has 23 heavy (non-hydrogen) atoms. The Morgan fingerprint density at radius 3 is 2.78 bits per heavy atom. The van der Waals surface area contributed by atoms with Gasteiger partial charge in [0.15, 0.2) is 0 Å². The summed E-state index contributed by atoms with van der Waals surface area (Å²) in [6, 6.07) is 8.40. The molecule has 0 radical (unpaired) electrons. The van der Waals surface area contributed by atoms with Gasteiger partial charge in [-0.15, -0.1) is 0 Å². The maximum Gasteiger partial charge on any atom is 0.223 e.